The molecule has 0 saturated carbocycles. The van der Waals surface area contributed by atoms with Crippen molar-refractivity contribution in [3.8, 4) is 0 Å². The Balaban J connectivity index is 2.28. The fourth-order valence-electron chi connectivity index (χ4n) is 2.36. The molecule has 19 heavy (non-hydrogen) atoms. The molecule has 0 bridgehead atoms. The highest BCUT2D eigenvalue weighted by atomic mass is 79.9. The van der Waals surface area contributed by atoms with Crippen LogP contribution in [-0.4, -0.2) is 39.0 Å². The maximum absolute atomic E-state index is 12.6. The smallest absolute Gasteiger partial charge is 0.244 e. The Morgan fingerprint density at radius 2 is 2.21 bits per heavy atom. The van der Waals surface area contributed by atoms with E-state index in [0.717, 1.165) is 15.1 Å². The van der Waals surface area contributed by atoms with Gasteiger partial charge in [0.25, 0.3) is 0 Å². The Morgan fingerprint density at radius 1 is 1.53 bits per heavy atom. The molecule has 1 aromatic rings. The molecule has 108 valence electrons. The van der Waals surface area contributed by atoms with Crippen LogP contribution in [0.5, 0.6) is 0 Å². The molecule has 0 N–H and O–H groups in total. The molecule has 4 nitrogen and oxygen atoms in total. The predicted octanol–water partition coefficient (Wildman–Crippen LogP) is 2.86. The van der Waals surface area contributed by atoms with Gasteiger partial charge in [0.1, 0.15) is 0 Å². The van der Waals surface area contributed by atoms with E-state index in [2.05, 4.69) is 22.9 Å². The van der Waals surface area contributed by atoms with Crippen LogP contribution in [-0.2, 0) is 14.8 Å². The maximum atomic E-state index is 12.6. The first kappa shape index (κ1) is 15.4. The van der Waals surface area contributed by atoms with E-state index in [1.807, 2.05) is 6.92 Å². The number of piperidine rings is 1. The van der Waals surface area contributed by atoms with Crippen molar-refractivity contribution in [2.24, 2.45) is 5.92 Å². The summed E-state index contributed by atoms with van der Waals surface area (Å²) >= 11 is 4.79. The molecule has 2 rings (SSSR count). The van der Waals surface area contributed by atoms with Crippen molar-refractivity contribution >= 4 is 37.3 Å². The Bertz CT molecular complexity index is 555. The molecule has 1 aliphatic heterocycles. The summed E-state index contributed by atoms with van der Waals surface area (Å²) in [5.41, 5.74) is 0. The monoisotopic (exact) mass is 367 g/mol. The highest BCUT2D eigenvalue weighted by Gasteiger charge is 2.35. The van der Waals surface area contributed by atoms with Gasteiger partial charge in [-0.15, -0.1) is 11.3 Å². The summed E-state index contributed by atoms with van der Waals surface area (Å²) in [6, 6.07) is 1.69. The third-order valence-corrected chi connectivity index (χ3v) is 7.29. The summed E-state index contributed by atoms with van der Waals surface area (Å²) in [6.07, 6.45) is 0.813. The van der Waals surface area contributed by atoms with Crippen molar-refractivity contribution < 1.29 is 13.2 Å². The molecule has 0 aliphatic carbocycles. The zero-order valence-electron chi connectivity index (χ0n) is 11.2. The number of ether oxygens (including phenoxy) is 1. The quantitative estimate of drug-likeness (QED) is 0.824. The second-order valence-electron chi connectivity index (χ2n) is 4.87. The average Bonchev–Trinajstić information content (AvgIpc) is 2.69. The molecule has 0 radical (unpaired) electrons. The first-order valence-corrected chi connectivity index (χ1v) is 9.20. The van der Waals surface area contributed by atoms with Crippen LogP contribution in [0, 0.1) is 12.8 Å². The lowest BCUT2D eigenvalue weighted by atomic mass is 9.97. The molecular weight excluding hydrogens is 350 g/mol. The summed E-state index contributed by atoms with van der Waals surface area (Å²) in [6.45, 7) is 4.94. The van der Waals surface area contributed by atoms with Gasteiger partial charge in [-0.1, -0.05) is 6.92 Å². The van der Waals surface area contributed by atoms with Gasteiger partial charge in [-0.25, -0.2) is 8.42 Å². The number of hydrogen-bond acceptors (Lipinski definition) is 4. The molecule has 7 heteroatoms. The van der Waals surface area contributed by atoms with E-state index in [4.69, 9.17) is 4.74 Å². The van der Waals surface area contributed by atoms with Crippen LogP contribution in [0.1, 0.15) is 18.2 Å². The van der Waals surface area contributed by atoms with Crippen LogP contribution in [0.3, 0.4) is 0 Å². The SMILES string of the molecule is COC1CN(S(=O)(=O)c2cc(Br)sc2C)CCC1C. The molecule has 0 aromatic carbocycles. The van der Waals surface area contributed by atoms with Gasteiger partial charge in [-0.3, -0.25) is 0 Å². The van der Waals surface area contributed by atoms with Crippen molar-refractivity contribution in [3.05, 3.63) is 14.7 Å². The van der Waals surface area contributed by atoms with Gasteiger partial charge in [0.15, 0.2) is 0 Å². The van der Waals surface area contributed by atoms with E-state index >= 15 is 0 Å². The molecule has 0 amide bonds. The van der Waals surface area contributed by atoms with Crippen LogP contribution in [0.4, 0.5) is 0 Å². The van der Waals surface area contributed by atoms with Gasteiger partial charge >= 0.3 is 0 Å². The minimum Gasteiger partial charge on any atom is -0.380 e. The molecule has 1 saturated heterocycles. The van der Waals surface area contributed by atoms with Crippen molar-refractivity contribution in [2.45, 2.75) is 31.3 Å². The number of sulfonamides is 1. The number of rotatable bonds is 3. The summed E-state index contributed by atoms with van der Waals surface area (Å²) in [4.78, 5) is 1.23. The highest BCUT2D eigenvalue weighted by Crippen LogP contribution is 2.33. The normalized spacial score (nSPS) is 25.7. The van der Waals surface area contributed by atoms with Crippen LogP contribution in [0.2, 0.25) is 0 Å². The first-order valence-electron chi connectivity index (χ1n) is 6.15. The highest BCUT2D eigenvalue weighted by molar-refractivity contribution is 9.11. The van der Waals surface area contributed by atoms with Crippen molar-refractivity contribution in [1.29, 1.82) is 0 Å². The largest absolute Gasteiger partial charge is 0.380 e. The summed E-state index contributed by atoms with van der Waals surface area (Å²) in [5, 5.41) is 0. The van der Waals surface area contributed by atoms with Crippen molar-refractivity contribution in [2.75, 3.05) is 20.2 Å². The molecule has 1 aromatic heterocycles. The lowest BCUT2D eigenvalue weighted by Crippen LogP contribution is -2.46. The van der Waals surface area contributed by atoms with Crippen molar-refractivity contribution in [3.63, 3.8) is 0 Å². The number of hydrogen-bond donors (Lipinski definition) is 0. The molecule has 1 aliphatic rings. The Morgan fingerprint density at radius 3 is 2.74 bits per heavy atom. The average molecular weight is 368 g/mol. The summed E-state index contributed by atoms with van der Waals surface area (Å²) in [5.74, 6) is 0.395. The third kappa shape index (κ3) is 3.05. The summed E-state index contributed by atoms with van der Waals surface area (Å²) in [7, 11) is -1.76. The molecule has 2 atom stereocenters. The number of aryl methyl sites for hydroxylation is 1. The molecular formula is C12H18BrNO3S2. The Labute approximate surface area is 126 Å². The van der Waals surface area contributed by atoms with E-state index < -0.39 is 10.0 Å². The zero-order valence-corrected chi connectivity index (χ0v) is 14.4. The van der Waals surface area contributed by atoms with Gasteiger partial charge in [0, 0.05) is 25.1 Å². The van der Waals surface area contributed by atoms with E-state index in [9.17, 15) is 8.42 Å². The van der Waals surface area contributed by atoms with Crippen LogP contribution < -0.4 is 0 Å². The minimum absolute atomic E-state index is 0.0223. The molecule has 2 heterocycles. The maximum Gasteiger partial charge on any atom is 0.244 e. The van der Waals surface area contributed by atoms with E-state index in [0.29, 0.717) is 23.9 Å². The number of nitrogens with zero attached hydrogens (tertiary/aromatic N) is 1. The van der Waals surface area contributed by atoms with Crippen LogP contribution in [0.15, 0.2) is 14.7 Å². The number of thiophene rings is 1. The molecule has 1 fully saturated rings. The van der Waals surface area contributed by atoms with Gasteiger partial charge in [-0.2, -0.15) is 4.31 Å². The van der Waals surface area contributed by atoms with Crippen LogP contribution in [0.25, 0.3) is 0 Å². The predicted molar refractivity (Wildman–Crippen MR) is 80.1 cm³/mol. The van der Waals surface area contributed by atoms with Crippen molar-refractivity contribution in [1.82, 2.24) is 4.31 Å². The van der Waals surface area contributed by atoms with Gasteiger partial charge in [-0.05, 0) is 41.3 Å². The number of halogens is 1. The Kier molecular flexibility index (Phi) is 4.72. The topological polar surface area (TPSA) is 46.6 Å². The lowest BCUT2D eigenvalue weighted by Gasteiger charge is -2.35. The standard InChI is InChI=1S/C12H18BrNO3S2/c1-8-4-5-14(7-10(8)17-3)19(15,16)11-6-12(13)18-9(11)2/h6,8,10H,4-5,7H2,1-3H3. The van der Waals surface area contributed by atoms with Gasteiger partial charge in [0.2, 0.25) is 10.0 Å². The van der Waals surface area contributed by atoms with E-state index in [1.165, 1.54) is 11.3 Å². The second-order valence-corrected chi connectivity index (χ2v) is 9.42. The third-order valence-electron chi connectivity index (χ3n) is 3.61. The second kappa shape index (κ2) is 5.81. The first-order chi connectivity index (χ1) is 8.86. The minimum atomic E-state index is -3.40. The molecule has 2 unspecified atom stereocenters. The van der Waals surface area contributed by atoms with Gasteiger partial charge < -0.3 is 4.74 Å². The Hall–Kier alpha value is 0.0500. The van der Waals surface area contributed by atoms with E-state index in [1.54, 1.807) is 17.5 Å². The summed E-state index contributed by atoms with van der Waals surface area (Å²) < 4.78 is 33.1. The van der Waals surface area contributed by atoms with E-state index in [-0.39, 0.29) is 6.10 Å². The lowest BCUT2D eigenvalue weighted by molar-refractivity contribution is 0.0184. The fraction of sp³-hybridized carbons (Fsp3) is 0.667. The molecule has 0 spiro atoms. The fourth-order valence-corrected chi connectivity index (χ4v) is 6.21. The number of methoxy groups -OCH3 is 1. The van der Waals surface area contributed by atoms with Gasteiger partial charge in [0.05, 0.1) is 14.8 Å². The zero-order chi connectivity index (χ0) is 14.2. The van der Waals surface area contributed by atoms with Crippen LogP contribution >= 0.6 is 27.3 Å².